The van der Waals surface area contributed by atoms with E-state index in [1.165, 1.54) is 12.1 Å². The summed E-state index contributed by atoms with van der Waals surface area (Å²) >= 11 is 0. The number of rotatable bonds is 3. The number of benzene rings is 1. The predicted molar refractivity (Wildman–Crippen MR) is 70.2 cm³/mol. The molecule has 0 radical (unpaired) electrons. The lowest BCUT2D eigenvalue weighted by Gasteiger charge is -2.25. The van der Waals surface area contributed by atoms with Crippen LogP contribution in [0.4, 0.5) is 4.39 Å². The third-order valence-corrected chi connectivity index (χ3v) is 3.15. The Morgan fingerprint density at radius 3 is 2.90 bits per heavy atom. The molecule has 1 N–H and O–H groups in total. The first-order chi connectivity index (χ1) is 9.70. The van der Waals surface area contributed by atoms with Gasteiger partial charge in [0.1, 0.15) is 12.1 Å². The van der Waals surface area contributed by atoms with E-state index in [4.69, 9.17) is 4.42 Å². The summed E-state index contributed by atoms with van der Waals surface area (Å²) in [5.74, 6) is 0.194. The van der Waals surface area contributed by atoms with Crippen molar-refractivity contribution < 1.29 is 13.6 Å². The molecule has 1 amide bonds. The fourth-order valence-electron chi connectivity index (χ4n) is 2.16. The highest BCUT2D eigenvalue weighted by atomic mass is 19.1. The summed E-state index contributed by atoms with van der Waals surface area (Å²) in [7, 11) is 0. The second kappa shape index (κ2) is 5.42. The standard InChI is InChI=1S/C14H14FN3O2/c15-11-3-1-10(2-4-11)14-17-12(9-20-14)7-18-6-5-16-13(19)8-18/h1-4,9H,5-8H2,(H,16,19). The molecule has 3 rings (SSSR count). The maximum absolute atomic E-state index is 12.9. The largest absolute Gasteiger partial charge is 0.444 e. The molecule has 20 heavy (non-hydrogen) atoms. The number of nitrogens with zero attached hydrogens (tertiary/aromatic N) is 2. The van der Waals surface area contributed by atoms with Gasteiger partial charge in [0.15, 0.2) is 0 Å². The van der Waals surface area contributed by atoms with Gasteiger partial charge in [0.25, 0.3) is 0 Å². The summed E-state index contributed by atoms with van der Waals surface area (Å²) in [5, 5.41) is 2.77. The highest BCUT2D eigenvalue weighted by Crippen LogP contribution is 2.19. The predicted octanol–water partition coefficient (Wildman–Crippen LogP) is 1.41. The van der Waals surface area contributed by atoms with E-state index in [0.29, 0.717) is 25.5 Å². The molecule has 2 heterocycles. The molecule has 0 spiro atoms. The van der Waals surface area contributed by atoms with Gasteiger partial charge < -0.3 is 9.73 Å². The number of amides is 1. The molecular weight excluding hydrogens is 261 g/mol. The molecule has 1 fully saturated rings. The van der Waals surface area contributed by atoms with E-state index < -0.39 is 0 Å². The molecule has 0 bridgehead atoms. The van der Waals surface area contributed by atoms with Crippen molar-refractivity contribution in [3.05, 3.63) is 42.0 Å². The van der Waals surface area contributed by atoms with Crippen LogP contribution in [-0.2, 0) is 11.3 Å². The Labute approximate surface area is 115 Å². The zero-order valence-electron chi connectivity index (χ0n) is 10.8. The molecule has 1 aromatic heterocycles. The lowest BCUT2D eigenvalue weighted by molar-refractivity contribution is -0.124. The van der Waals surface area contributed by atoms with E-state index in [9.17, 15) is 9.18 Å². The van der Waals surface area contributed by atoms with Gasteiger partial charge >= 0.3 is 0 Å². The molecule has 1 saturated heterocycles. The lowest BCUT2D eigenvalue weighted by Crippen LogP contribution is -2.47. The molecule has 0 saturated carbocycles. The average molecular weight is 275 g/mol. The summed E-state index contributed by atoms with van der Waals surface area (Å²) in [6.45, 7) is 2.39. The Bertz CT molecular complexity index is 609. The number of hydrogen-bond donors (Lipinski definition) is 1. The van der Waals surface area contributed by atoms with E-state index >= 15 is 0 Å². The first-order valence-electron chi connectivity index (χ1n) is 6.40. The van der Waals surface area contributed by atoms with Crippen LogP contribution in [0.3, 0.4) is 0 Å². The van der Waals surface area contributed by atoms with Crippen molar-refractivity contribution in [1.29, 1.82) is 0 Å². The zero-order chi connectivity index (χ0) is 13.9. The smallest absolute Gasteiger partial charge is 0.234 e. The second-order valence-corrected chi connectivity index (χ2v) is 4.71. The van der Waals surface area contributed by atoms with Gasteiger partial charge in [-0.05, 0) is 24.3 Å². The topological polar surface area (TPSA) is 58.4 Å². The Morgan fingerprint density at radius 1 is 1.35 bits per heavy atom. The molecule has 1 aromatic carbocycles. The molecule has 0 aliphatic carbocycles. The van der Waals surface area contributed by atoms with E-state index in [1.54, 1.807) is 18.4 Å². The Morgan fingerprint density at radius 2 is 2.15 bits per heavy atom. The SMILES string of the molecule is O=C1CN(Cc2coc(-c3ccc(F)cc3)n2)CCN1. The van der Waals surface area contributed by atoms with Crippen LogP contribution < -0.4 is 5.32 Å². The van der Waals surface area contributed by atoms with E-state index in [0.717, 1.165) is 17.8 Å². The number of aromatic nitrogens is 1. The molecular formula is C14H14FN3O2. The molecule has 104 valence electrons. The minimum absolute atomic E-state index is 0.0264. The van der Waals surface area contributed by atoms with Gasteiger partial charge in [-0.25, -0.2) is 9.37 Å². The van der Waals surface area contributed by atoms with Crippen molar-refractivity contribution in [1.82, 2.24) is 15.2 Å². The summed E-state index contributed by atoms with van der Waals surface area (Å²) in [6.07, 6.45) is 1.57. The number of carbonyl (C=O) groups is 1. The number of hydrogen-bond acceptors (Lipinski definition) is 4. The average Bonchev–Trinajstić information content (AvgIpc) is 2.88. The van der Waals surface area contributed by atoms with Crippen LogP contribution >= 0.6 is 0 Å². The van der Waals surface area contributed by atoms with Crippen molar-refractivity contribution in [2.75, 3.05) is 19.6 Å². The van der Waals surface area contributed by atoms with Crippen molar-refractivity contribution in [2.24, 2.45) is 0 Å². The first-order valence-corrected chi connectivity index (χ1v) is 6.40. The molecule has 0 atom stereocenters. The zero-order valence-corrected chi connectivity index (χ0v) is 10.8. The Kier molecular flexibility index (Phi) is 3.47. The van der Waals surface area contributed by atoms with E-state index in [-0.39, 0.29) is 11.7 Å². The maximum Gasteiger partial charge on any atom is 0.234 e. The Balaban J connectivity index is 1.70. The van der Waals surface area contributed by atoms with E-state index in [1.807, 2.05) is 4.90 Å². The van der Waals surface area contributed by atoms with Gasteiger partial charge in [-0.3, -0.25) is 9.69 Å². The molecule has 2 aromatic rings. The number of oxazole rings is 1. The molecule has 5 nitrogen and oxygen atoms in total. The summed E-state index contributed by atoms with van der Waals surface area (Å²) in [4.78, 5) is 17.7. The quantitative estimate of drug-likeness (QED) is 0.920. The van der Waals surface area contributed by atoms with E-state index in [2.05, 4.69) is 10.3 Å². The molecule has 0 unspecified atom stereocenters. The highest BCUT2D eigenvalue weighted by Gasteiger charge is 2.17. The minimum atomic E-state index is -0.292. The van der Waals surface area contributed by atoms with Crippen LogP contribution in [0.2, 0.25) is 0 Å². The normalized spacial score (nSPS) is 16.1. The fraction of sp³-hybridized carbons (Fsp3) is 0.286. The van der Waals surface area contributed by atoms with Crippen LogP contribution in [0.25, 0.3) is 11.5 Å². The number of nitrogens with one attached hydrogen (secondary N) is 1. The molecule has 6 heteroatoms. The molecule has 1 aliphatic rings. The van der Waals surface area contributed by atoms with Gasteiger partial charge in [0, 0.05) is 25.2 Å². The highest BCUT2D eigenvalue weighted by molar-refractivity contribution is 5.78. The van der Waals surface area contributed by atoms with Crippen LogP contribution in [-0.4, -0.2) is 35.4 Å². The van der Waals surface area contributed by atoms with Crippen molar-refractivity contribution in [3.63, 3.8) is 0 Å². The summed E-state index contributed by atoms with van der Waals surface area (Å²) in [5.41, 5.74) is 1.49. The second-order valence-electron chi connectivity index (χ2n) is 4.71. The van der Waals surface area contributed by atoms with Crippen molar-refractivity contribution in [3.8, 4) is 11.5 Å². The van der Waals surface area contributed by atoms with Crippen molar-refractivity contribution >= 4 is 5.91 Å². The summed E-state index contributed by atoms with van der Waals surface area (Å²) < 4.78 is 18.3. The Hall–Kier alpha value is -2.21. The third-order valence-electron chi connectivity index (χ3n) is 3.15. The van der Waals surface area contributed by atoms with Gasteiger partial charge in [0.2, 0.25) is 11.8 Å². The van der Waals surface area contributed by atoms with Crippen molar-refractivity contribution in [2.45, 2.75) is 6.54 Å². The van der Waals surface area contributed by atoms with Crippen LogP contribution in [0.1, 0.15) is 5.69 Å². The third kappa shape index (κ3) is 2.85. The number of piperazine rings is 1. The molecule has 1 aliphatic heterocycles. The van der Waals surface area contributed by atoms with Gasteiger partial charge in [-0.15, -0.1) is 0 Å². The lowest BCUT2D eigenvalue weighted by atomic mass is 10.2. The minimum Gasteiger partial charge on any atom is -0.444 e. The maximum atomic E-state index is 12.9. The van der Waals surface area contributed by atoms with Gasteiger partial charge in [-0.2, -0.15) is 0 Å². The van der Waals surface area contributed by atoms with Crippen LogP contribution in [0, 0.1) is 5.82 Å². The van der Waals surface area contributed by atoms with Gasteiger partial charge in [-0.1, -0.05) is 0 Å². The number of carbonyl (C=O) groups excluding carboxylic acids is 1. The monoisotopic (exact) mass is 275 g/mol. The van der Waals surface area contributed by atoms with Gasteiger partial charge in [0.05, 0.1) is 12.2 Å². The fourth-order valence-corrected chi connectivity index (χ4v) is 2.16. The van der Waals surface area contributed by atoms with Crippen LogP contribution in [0.15, 0.2) is 34.9 Å². The first kappa shape index (κ1) is 12.8. The number of halogens is 1. The summed E-state index contributed by atoms with van der Waals surface area (Å²) in [6, 6.07) is 5.99. The van der Waals surface area contributed by atoms with Crippen LogP contribution in [0.5, 0.6) is 0 Å².